The smallest absolute Gasteiger partial charge is 0.323 e. The normalized spacial score (nSPS) is 16.7. The molecule has 0 atom stereocenters. The van der Waals surface area contributed by atoms with Gasteiger partial charge in [-0.05, 0) is 26.2 Å². The summed E-state index contributed by atoms with van der Waals surface area (Å²) in [6.45, 7) is 4.24. The van der Waals surface area contributed by atoms with E-state index in [2.05, 4.69) is 6.92 Å². The molecule has 1 heterocycles. The summed E-state index contributed by atoms with van der Waals surface area (Å²) >= 11 is 0. The van der Waals surface area contributed by atoms with E-state index in [1.54, 1.807) is 6.92 Å². The topological polar surface area (TPSA) is 104 Å². The summed E-state index contributed by atoms with van der Waals surface area (Å²) in [5.74, 6) is -1.39. The fourth-order valence-corrected chi connectivity index (χ4v) is 4.01. The van der Waals surface area contributed by atoms with E-state index in [1.165, 1.54) is 9.21 Å². The first kappa shape index (κ1) is 21.9. The van der Waals surface area contributed by atoms with E-state index < -0.39 is 16.0 Å². The number of hydrogen-bond donors (Lipinski definition) is 1. The molecule has 0 aliphatic carbocycles. The largest absolute Gasteiger partial charge is 0.480 e. The average molecular weight is 378 g/mol. The standard InChI is InChI=1S/C16H30N2O6S/c1-3-5-6-11-24-13-15(19)18(12-16(20)21)14-7-9-17(10-8-14)25(22,23)4-2/h14H,3-13H2,1-2H3,(H,20,21). The van der Waals surface area contributed by atoms with Crippen LogP contribution in [0.4, 0.5) is 0 Å². The summed E-state index contributed by atoms with van der Waals surface area (Å²) in [6, 6.07) is -0.272. The Morgan fingerprint density at radius 2 is 1.84 bits per heavy atom. The van der Waals surface area contributed by atoms with Gasteiger partial charge in [-0.15, -0.1) is 0 Å². The molecule has 0 aromatic heterocycles. The highest BCUT2D eigenvalue weighted by Crippen LogP contribution is 2.19. The lowest BCUT2D eigenvalue weighted by molar-refractivity contribution is -0.149. The van der Waals surface area contributed by atoms with Gasteiger partial charge in [0, 0.05) is 25.7 Å². The zero-order valence-electron chi connectivity index (χ0n) is 15.1. The molecule has 1 aliphatic heterocycles. The Labute approximate surface area is 150 Å². The lowest BCUT2D eigenvalue weighted by atomic mass is 10.0. The van der Waals surface area contributed by atoms with Crippen molar-refractivity contribution in [1.29, 1.82) is 0 Å². The third-order valence-corrected chi connectivity index (χ3v) is 6.25. The molecule has 8 nitrogen and oxygen atoms in total. The van der Waals surface area contributed by atoms with Gasteiger partial charge in [-0.2, -0.15) is 0 Å². The van der Waals surface area contributed by atoms with Crippen LogP contribution in [-0.4, -0.2) is 79.2 Å². The van der Waals surface area contributed by atoms with Crippen LogP contribution in [-0.2, 0) is 24.3 Å². The number of ether oxygens (including phenoxy) is 1. The molecule has 0 aromatic carbocycles. The van der Waals surface area contributed by atoms with E-state index in [0.29, 0.717) is 32.5 Å². The zero-order valence-corrected chi connectivity index (χ0v) is 16.0. The number of carboxylic acids is 1. The highest BCUT2D eigenvalue weighted by molar-refractivity contribution is 7.89. The molecule has 1 N–H and O–H groups in total. The minimum atomic E-state index is -3.25. The molecule has 1 rings (SSSR count). The highest BCUT2D eigenvalue weighted by atomic mass is 32.2. The number of piperidine rings is 1. The minimum absolute atomic E-state index is 0.0427. The molecule has 146 valence electrons. The van der Waals surface area contributed by atoms with E-state index in [9.17, 15) is 18.0 Å². The Hall–Kier alpha value is -1.19. The van der Waals surface area contributed by atoms with Crippen LogP contribution < -0.4 is 0 Å². The summed E-state index contributed by atoms with van der Waals surface area (Å²) < 4.78 is 30.6. The van der Waals surface area contributed by atoms with E-state index in [1.807, 2.05) is 0 Å². The van der Waals surface area contributed by atoms with Gasteiger partial charge in [0.05, 0.1) is 5.75 Å². The average Bonchev–Trinajstić information content (AvgIpc) is 2.59. The monoisotopic (exact) mass is 378 g/mol. The van der Waals surface area contributed by atoms with E-state index in [0.717, 1.165) is 19.3 Å². The minimum Gasteiger partial charge on any atom is -0.480 e. The summed E-state index contributed by atoms with van der Waals surface area (Å²) in [7, 11) is -3.25. The van der Waals surface area contributed by atoms with Crippen LogP contribution in [0.3, 0.4) is 0 Å². The molecule has 0 radical (unpaired) electrons. The Morgan fingerprint density at radius 1 is 1.20 bits per heavy atom. The fourth-order valence-electron chi connectivity index (χ4n) is 2.88. The lowest BCUT2D eigenvalue weighted by Gasteiger charge is -2.37. The van der Waals surface area contributed by atoms with Gasteiger partial charge in [0.25, 0.3) is 0 Å². The second kappa shape index (κ2) is 10.7. The number of nitrogens with zero attached hydrogens (tertiary/aromatic N) is 2. The summed E-state index contributed by atoms with van der Waals surface area (Å²) in [4.78, 5) is 24.8. The second-order valence-corrected chi connectivity index (χ2v) is 8.46. The quantitative estimate of drug-likeness (QED) is 0.536. The number of aliphatic carboxylic acids is 1. The zero-order chi connectivity index (χ0) is 18.9. The van der Waals surface area contributed by atoms with Crippen molar-refractivity contribution in [2.75, 3.05) is 38.6 Å². The van der Waals surface area contributed by atoms with Crippen molar-refractivity contribution in [3.05, 3.63) is 0 Å². The van der Waals surface area contributed by atoms with Crippen molar-refractivity contribution in [3.63, 3.8) is 0 Å². The van der Waals surface area contributed by atoms with Crippen molar-refractivity contribution in [3.8, 4) is 0 Å². The fraction of sp³-hybridized carbons (Fsp3) is 0.875. The highest BCUT2D eigenvalue weighted by Gasteiger charge is 2.32. The van der Waals surface area contributed by atoms with E-state index in [-0.39, 0.29) is 30.9 Å². The number of hydrogen-bond acceptors (Lipinski definition) is 5. The van der Waals surface area contributed by atoms with Gasteiger partial charge in [0.1, 0.15) is 13.2 Å². The van der Waals surface area contributed by atoms with Gasteiger partial charge in [0.2, 0.25) is 15.9 Å². The van der Waals surface area contributed by atoms with Crippen molar-refractivity contribution in [1.82, 2.24) is 9.21 Å². The predicted octanol–water partition coefficient (Wildman–Crippen LogP) is 0.921. The van der Waals surface area contributed by atoms with Crippen LogP contribution in [0.25, 0.3) is 0 Å². The van der Waals surface area contributed by atoms with Crippen LogP contribution in [0.2, 0.25) is 0 Å². The maximum Gasteiger partial charge on any atom is 0.323 e. The van der Waals surface area contributed by atoms with Gasteiger partial charge in [-0.25, -0.2) is 12.7 Å². The number of carbonyl (C=O) groups is 2. The van der Waals surface area contributed by atoms with Crippen LogP contribution in [0.5, 0.6) is 0 Å². The Morgan fingerprint density at radius 3 is 2.36 bits per heavy atom. The second-order valence-electron chi connectivity index (χ2n) is 6.21. The molecular weight excluding hydrogens is 348 g/mol. The molecule has 25 heavy (non-hydrogen) atoms. The summed E-state index contributed by atoms with van der Waals surface area (Å²) in [5.41, 5.74) is 0. The number of sulfonamides is 1. The van der Waals surface area contributed by atoms with Gasteiger partial charge in [-0.3, -0.25) is 9.59 Å². The van der Waals surface area contributed by atoms with E-state index in [4.69, 9.17) is 9.84 Å². The van der Waals surface area contributed by atoms with Gasteiger partial charge >= 0.3 is 5.97 Å². The molecule has 0 unspecified atom stereocenters. The molecule has 1 aliphatic rings. The maximum atomic E-state index is 12.4. The Kier molecular flexibility index (Phi) is 9.37. The molecule has 0 aromatic rings. The molecule has 1 amide bonds. The van der Waals surface area contributed by atoms with Crippen LogP contribution in [0, 0.1) is 0 Å². The number of amides is 1. The van der Waals surface area contributed by atoms with Crippen molar-refractivity contribution < 1.29 is 27.9 Å². The van der Waals surface area contributed by atoms with Gasteiger partial charge in [0.15, 0.2) is 0 Å². The van der Waals surface area contributed by atoms with Crippen LogP contribution in [0.1, 0.15) is 46.0 Å². The van der Waals surface area contributed by atoms with Crippen molar-refractivity contribution in [2.24, 2.45) is 0 Å². The molecular formula is C16H30N2O6S. The van der Waals surface area contributed by atoms with Crippen LogP contribution in [0.15, 0.2) is 0 Å². The Balaban J connectivity index is 2.58. The molecule has 1 saturated heterocycles. The van der Waals surface area contributed by atoms with Crippen LogP contribution >= 0.6 is 0 Å². The number of unbranched alkanes of at least 4 members (excludes halogenated alkanes) is 2. The number of carboxylic acid groups (broad SMARTS) is 1. The molecule has 9 heteroatoms. The van der Waals surface area contributed by atoms with Gasteiger partial charge < -0.3 is 14.7 Å². The van der Waals surface area contributed by atoms with Crippen molar-refractivity contribution in [2.45, 2.75) is 52.0 Å². The third kappa shape index (κ3) is 7.29. The third-order valence-electron chi connectivity index (χ3n) is 4.37. The van der Waals surface area contributed by atoms with Gasteiger partial charge in [-0.1, -0.05) is 19.8 Å². The first-order valence-corrected chi connectivity index (χ1v) is 10.5. The Bertz CT molecular complexity index is 529. The van der Waals surface area contributed by atoms with E-state index >= 15 is 0 Å². The summed E-state index contributed by atoms with van der Waals surface area (Å²) in [5, 5.41) is 9.08. The predicted molar refractivity (Wildman–Crippen MR) is 93.7 cm³/mol. The number of rotatable bonds is 11. The molecule has 0 saturated carbocycles. The molecule has 0 bridgehead atoms. The SMILES string of the molecule is CCCCCOCC(=O)N(CC(=O)O)C1CCN(S(=O)(=O)CC)CC1. The molecule has 1 fully saturated rings. The van der Waals surface area contributed by atoms with Crippen molar-refractivity contribution >= 4 is 21.9 Å². The number of carbonyl (C=O) groups excluding carboxylic acids is 1. The first-order valence-electron chi connectivity index (χ1n) is 8.88. The maximum absolute atomic E-state index is 12.4. The lowest BCUT2D eigenvalue weighted by Crippen LogP contribution is -2.51. The molecule has 0 spiro atoms. The summed E-state index contributed by atoms with van der Waals surface area (Å²) in [6.07, 6.45) is 3.83. The first-order chi connectivity index (χ1) is 11.8.